The fraction of sp³-hybridized carbons (Fsp3) is 0.211. The van der Waals surface area contributed by atoms with Crippen molar-refractivity contribution in [1.82, 2.24) is 9.97 Å². The summed E-state index contributed by atoms with van der Waals surface area (Å²) in [5.41, 5.74) is 4.14. The van der Waals surface area contributed by atoms with E-state index < -0.39 is 0 Å². The molecule has 0 aliphatic heterocycles. The van der Waals surface area contributed by atoms with Crippen molar-refractivity contribution in [3.05, 3.63) is 59.8 Å². The Morgan fingerprint density at radius 2 is 1.71 bits per heavy atom. The Hall–Kier alpha value is -2.95. The normalized spacial score (nSPS) is 10.6. The Balaban J connectivity index is 1.73. The number of amides is 1. The monoisotopic (exact) mass is 321 g/mol. The van der Waals surface area contributed by atoms with Crippen LogP contribution in [-0.4, -0.2) is 23.0 Å². The van der Waals surface area contributed by atoms with Crippen molar-refractivity contribution in [2.45, 2.75) is 19.8 Å². The molecule has 0 atom stereocenters. The Labute approximate surface area is 140 Å². The van der Waals surface area contributed by atoms with Gasteiger partial charge in [-0.2, -0.15) is 0 Å². The van der Waals surface area contributed by atoms with Gasteiger partial charge in [0.1, 0.15) is 5.69 Å². The molecule has 24 heavy (non-hydrogen) atoms. The summed E-state index contributed by atoms with van der Waals surface area (Å²) in [6, 6.07) is 15.3. The average molecular weight is 321 g/mol. The Morgan fingerprint density at radius 3 is 2.42 bits per heavy atom. The average Bonchev–Trinajstić information content (AvgIpc) is 2.61. The Kier molecular flexibility index (Phi) is 4.70. The zero-order chi connectivity index (χ0) is 16.9. The summed E-state index contributed by atoms with van der Waals surface area (Å²) >= 11 is 0. The first-order valence-electron chi connectivity index (χ1n) is 7.82. The summed E-state index contributed by atoms with van der Waals surface area (Å²) in [6.45, 7) is 1.97. The van der Waals surface area contributed by atoms with Crippen LogP contribution in [0.4, 0.5) is 5.69 Å². The number of hydrogen-bond donors (Lipinski definition) is 1. The Morgan fingerprint density at radius 1 is 1.04 bits per heavy atom. The third kappa shape index (κ3) is 3.51. The van der Waals surface area contributed by atoms with Crippen molar-refractivity contribution in [3.63, 3.8) is 0 Å². The highest BCUT2D eigenvalue weighted by molar-refractivity contribution is 5.91. The number of carbonyl (C=O) groups is 1. The van der Waals surface area contributed by atoms with E-state index in [1.54, 1.807) is 7.11 Å². The lowest BCUT2D eigenvalue weighted by atomic mass is 10.2. The number of anilines is 1. The molecule has 3 rings (SSSR count). The number of aryl methyl sites for hydroxylation is 2. The number of carbonyl (C=O) groups excluding carboxylic acids is 1. The number of fused-ring (bicyclic) bond motifs is 1. The molecule has 3 aromatic rings. The quantitative estimate of drug-likeness (QED) is 0.781. The van der Waals surface area contributed by atoms with Crippen molar-refractivity contribution < 1.29 is 9.53 Å². The molecule has 5 heteroatoms. The number of benzene rings is 2. The van der Waals surface area contributed by atoms with E-state index in [-0.39, 0.29) is 5.91 Å². The minimum atomic E-state index is -0.0543. The number of aromatic nitrogens is 2. The molecule has 0 radical (unpaired) electrons. The van der Waals surface area contributed by atoms with Crippen LogP contribution in [0.3, 0.4) is 0 Å². The van der Waals surface area contributed by atoms with Crippen LogP contribution >= 0.6 is 0 Å². The smallest absolute Gasteiger partial charge is 0.235 e. The second kappa shape index (κ2) is 7.08. The minimum absolute atomic E-state index is 0.0543. The lowest BCUT2D eigenvalue weighted by Gasteiger charge is -2.10. The second-order valence-corrected chi connectivity index (χ2v) is 5.53. The fourth-order valence-corrected chi connectivity index (χ4v) is 2.50. The maximum Gasteiger partial charge on any atom is 0.235 e. The van der Waals surface area contributed by atoms with Gasteiger partial charge in [0.25, 0.3) is 0 Å². The first-order valence-corrected chi connectivity index (χ1v) is 7.82. The number of ether oxygens (including phenoxy) is 1. The van der Waals surface area contributed by atoms with Crippen LogP contribution in [0.2, 0.25) is 0 Å². The summed E-state index contributed by atoms with van der Waals surface area (Å²) in [5.74, 6) is 0.415. The molecule has 1 N–H and O–H groups in total. The SMILES string of the molecule is COc1nc2ccccc2nc1CCC(=O)Nc1ccccc1C. The highest BCUT2D eigenvalue weighted by Crippen LogP contribution is 2.20. The van der Waals surface area contributed by atoms with E-state index >= 15 is 0 Å². The van der Waals surface area contributed by atoms with E-state index in [9.17, 15) is 4.79 Å². The van der Waals surface area contributed by atoms with Gasteiger partial charge in [0, 0.05) is 18.5 Å². The molecule has 2 aromatic carbocycles. The number of nitrogens with one attached hydrogen (secondary N) is 1. The van der Waals surface area contributed by atoms with Gasteiger partial charge in [0.05, 0.1) is 18.1 Å². The van der Waals surface area contributed by atoms with Gasteiger partial charge in [-0.25, -0.2) is 9.97 Å². The van der Waals surface area contributed by atoms with Gasteiger partial charge < -0.3 is 10.1 Å². The summed E-state index contributed by atoms with van der Waals surface area (Å²) < 4.78 is 5.32. The molecule has 0 fully saturated rings. The predicted octanol–water partition coefficient (Wildman–Crippen LogP) is 3.52. The van der Waals surface area contributed by atoms with Crippen molar-refractivity contribution in [1.29, 1.82) is 0 Å². The van der Waals surface area contributed by atoms with E-state index in [0.29, 0.717) is 24.4 Å². The summed E-state index contributed by atoms with van der Waals surface area (Å²) in [6.07, 6.45) is 0.788. The highest BCUT2D eigenvalue weighted by atomic mass is 16.5. The maximum absolute atomic E-state index is 12.2. The van der Waals surface area contributed by atoms with E-state index in [4.69, 9.17) is 4.74 Å². The molecular weight excluding hydrogens is 302 g/mol. The lowest BCUT2D eigenvalue weighted by molar-refractivity contribution is -0.116. The molecule has 0 unspecified atom stereocenters. The van der Waals surface area contributed by atoms with Crippen LogP contribution in [0.1, 0.15) is 17.7 Å². The molecule has 0 bridgehead atoms. The molecule has 0 saturated heterocycles. The van der Waals surface area contributed by atoms with Crippen LogP contribution in [0, 0.1) is 6.92 Å². The van der Waals surface area contributed by atoms with Crippen LogP contribution in [0.5, 0.6) is 5.88 Å². The highest BCUT2D eigenvalue weighted by Gasteiger charge is 2.12. The van der Waals surface area contributed by atoms with E-state index in [1.807, 2.05) is 55.5 Å². The number of rotatable bonds is 5. The maximum atomic E-state index is 12.2. The van der Waals surface area contributed by atoms with Crippen molar-refractivity contribution in [3.8, 4) is 5.88 Å². The summed E-state index contributed by atoms with van der Waals surface area (Å²) in [7, 11) is 1.57. The van der Waals surface area contributed by atoms with Gasteiger partial charge in [-0.05, 0) is 30.7 Å². The Bertz CT molecular complexity index is 877. The molecular formula is C19H19N3O2. The second-order valence-electron chi connectivity index (χ2n) is 5.53. The van der Waals surface area contributed by atoms with Crippen LogP contribution in [0.25, 0.3) is 11.0 Å². The largest absolute Gasteiger partial charge is 0.480 e. The number of methoxy groups -OCH3 is 1. The zero-order valence-corrected chi connectivity index (χ0v) is 13.7. The summed E-state index contributed by atoms with van der Waals surface area (Å²) in [4.78, 5) is 21.2. The molecule has 0 saturated carbocycles. The molecule has 0 spiro atoms. The van der Waals surface area contributed by atoms with Gasteiger partial charge in [-0.1, -0.05) is 30.3 Å². The molecule has 5 nitrogen and oxygen atoms in total. The minimum Gasteiger partial charge on any atom is -0.480 e. The molecule has 122 valence electrons. The third-order valence-corrected chi connectivity index (χ3v) is 3.81. The number of hydrogen-bond acceptors (Lipinski definition) is 4. The lowest BCUT2D eigenvalue weighted by Crippen LogP contribution is -2.14. The first kappa shape index (κ1) is 15.9. The van der Waals surface area contributed by atoms with Gasteiger partial charge in [0.2, 0.25) is 11.8 Å². The van der Waals surface area contributed by atoms with Gasteiger partial charge in [-0.3, -0.25) is 4.79 Å². The van der Waals surface area contributed by atoms with Crippen molar-refractivity contribution in [2.75, 3.05) is 12.4 Å². The van der Waals surface area contributed by atoms with Crippen LogP contribution in [0.15, 0.2) is 48.5 Å². The topological polar surface area (TPSA) is 64.1 Å². The predicted molar refractivity (Wildman–Crippen MR) is 94.2 cm³/mol. The van der Waals surface area contributed by atoms with Crippen LogP contribution in [-0.2, 0) is 11.2 Å². The molecule has 1 aromatic heterocycles. The molecule has 1 amide bonds. The molecule has 0 aliphatic rings. The zero-order valence-electron chi connectivity index (χ0n) is 13.7. The molecule has 0 aliphatic carbocycles. The van der Waals surface area contributed by atoms with E-state index in [1.165, 1.54) is 0 Å². The van der Waals surface area contributed by atoms with E-state index in [2.05, 4.69) is 15.3 Å². The third-order valence-electron chi connectivity index (χ3n) is 3.81. The van der Waals surface area contributed by atoms with Gasteiger partial charge in [0.15, 0.2) is 0 Å². The molecule has 1 heterocycles. The van der Waals surface area contributed by atoms with Crippen LogP contribution < -0.4 is 10.1 Å². The fourth-order valence-electron chi connectivity index (χ4n) is 2.50. The first-order chi connectivity index (χ1) is 11.7. The number of nitrogens with zero attached hydrogens (tertiary/aromatic N) is 2. The van der Waals surface area contributed by atoms with Gasteiger partial charge >= 0.3 is 0 Å². The summed E-state index contributed by atoms with van der Waals surface area (Å²) in [5, 5.41) is 2.93. The van der Waals surface area contributed by atoms with Crippen molar-refractivity contribution >= 4 is 22.6 Å². The standard InChI is InChI=1S/C19H19N3O2/c1-13-7-3-4-8-14(13)21-18(23)12-11-17-19(24-2)22-16-10-6-5-9-15(16)20-17/h3-10H,11-12H2,1-2H3,(H,21,23). The van der Waals surface area contributed by atoms with E-state index in [0.717, 1.165) is 22.3 Å². The van der Waals surface area contributed by atoms with Crippen molar-refractivity contribution in [2.24, 2.45) is 0 Å². The number of para-hydroxylation sites is 3. The van der Waals surface area contributed by atoms with Gasteiger partial charge in [-0.15, -0.1) is 0 Å².